The minimum absolute atomic E-state index is 0.0209. The van der Waals surface area contributed by atoms with Crippen LogP contribution < -0.4 is 10.1 Å². The first-order chi connectivity index (χ1) is 14.3. The number of ketones is 1. The summed E-state index contributed by atoms with van der Waals surface area (Å²) in [5.74, 6) is 1.26. The van der Waals surface area contributed by atoms with Gasteiger partial charge in [0.1, 0.15) is 5.75 Å². The smallest absolute Gasteiger partial charge is 0.261 e. The quantitative estimate of drug-likeness (QED) is 0.710. The minimum atomic E-state index is -0.712. The maximum absolute atomic E-state index is 12.8. The number of carbonyl (C=O) groups is 2. The highest BCUT2D eigenvalue weighted by Crippen LogP contribution is 2.69. The molecule has 2 N–H and O–H groups in total. The Morgan fingerprint density at radius 2 is 2.07 bits per heavy atom. The lowest BCUT2D eigenvalue weighted by molar-refractivity contribution is -0.168. The van der Waals surface area contributed by atoms with Crippen molar-refractivity contribution in [2.45, 2.75) is 70.1 Å². The zero-order valence-electron chi connectivity index (χ0n) is 17.2. The molecule has 3 fully saturated rings. The number of benzene rings is 1. The number of aliphatic hydroxyl groups is 1. The zero-order chi connectivity index (χ0) is 21.1. The Labute approximate surface area is 174 Å². The van der Waals surface area contributed by atoms with Crippen molar-refractivity contribution in [3.8, 4) is 5.75 Å². The summed E-state index contributed by atoms with van der Waals surface area (Å²) >= 11 is 0. The minimum Gasteiger partial charge on any atom is -0.480 e. The molecule has 2 aromatic rings. The van der Waals surface area contributed by atoms with Crippen molar-refractivity contribution in [1.29, 1.82) is 0 Å². The number of aliphatic hydroxyl groups excluding tert-OH is 1. The summed E-state index contributed by atoms with van der Waals surface area (Å²) in [5, 5.41) is 13.6. The summed E-state index contributed by atoms with van der Waals surface area (Å²) in [6.45, 7) is 3.89. The van der Waals surface area contributed by atoms with E-state index in [0.717, 1.165) is 30.4 Å². The molecular formula is C23H26N2O5. The fourth-order valence-electron chi connectivity index (χ4n) is 5.42. The Hall–Kier alpha value is -2.67. The van der Waals surface area contributed by atoms with Crippen LogP contribution in [0, 0.1) is 12.3 Å². The molecule has 7 heteroatoms. The Morgan fingerprint density at radius 3 is 2.77 bits per heavy atom. The lowest BCUT2D eigenvalue weighted by Crippen LogP contribution is -2.75. The fraction of sp³-hybridized carbons (Fsp3) is 0.522. The van der Waals surface area contributed by atoms with Crippen molar-refractivity contribution in [3.63, 3.8) is 0 Å². The van der Waals surface area contributed by atoms with Crippen LogP contribution in [0.1, 0.15) is 72.7 Å². The van der Waals surface area contributed by atoms with Crippen LogP contribution >= 0.6 is 0 Å². The number of nitrogens with zero attached hydrogens (tertiary/aromatic N) is 1. The maximum atomic E-state index is 12.8. The molecule has 1 aliphatic heterocycles. The number of carbonyl (C=O) groups excluding carboxylic acids is 2. The third-order valence-corrected chi connectivity index (χ3v) is 6.72. The monoisotopic (exact) mass is 410 g/mol. The van der Waals surface area contributed by atoms with Crippen molar-refractivity contribution in [1.82, 2.24) is 10.3 Å². The van der Waals surface area contributed by atoms with Crippen molar-refractivity contribution < 1.29 is 23.8 Å². The van der Waals surface area contributed by atoms with Crippen LogP contribution in [0.2, 0.25) is 0 Å². The SMILES string of the molecule is CCc1ncc(C(=O)CC23CC(NC(=O)[C@H]4C[C@@H](O)c5cc(C)ccc5O4)(C2)C3)o1. The third kappa shape index (κ3) is 3.12. The highest BCUT2D eigenvalue weighted by Gasteiger charge is 2.69. The number of oxazole rings is 1. The van der Waals surface area contributed by atoms with Crippen LogP contribution in [0.3, 0.4) is 0 Å². The number of fused-ring (bicyclic) bond motifs is 1. The Balaban J connectivity index is 1.17. The lowest BCUT2D eigenvalue weighted by atomic mass is 9.38. The first-order valence-electron chi connectivity index (χ1n) is 10.6. The van der Waals surface area contributed by atoms with Gasteiger partial charge >= 0.3 is 0 Å². The van der Waals surface area contributed by atoms with Gasteiger partial charge in [0, 0.05) is 30.4 Å². The van der Waals surface area contributed by atoms with E-state index >= 15 is 0 Å². The molecule has 0 radical (unpaired) electrons. The normalized spacial score (nSPS) is 31.0. The van der Waals surface area contributed by atoms with E-state index < -0.39 is 12.2 Å². The second-order valence-corrected chi connectivity index (χ2v) is 9.27. The lowest BCUT2D eigenvalue weighted by Gasteiger charge is -2.70. The van der Waals surface area contributed by atoms with Gasteiger partial charge in [0.05, 0.1) is 12.3 Å². The van der Waals surface area contributed by atoms with Crippen molar-refractivity contribution in [3.05, 3.63) is 47.2 Å². The molecule has 2 bridgehead atoms. The van der Waals surface area contributed by atoms with Gasteiger partial charge in [-0.1, -0.05) is 18.6 Å². The predicted molar refractivity (Wildman–Crippen MR) is 107 cm³/mol. The van der Waals surface area contributed by atoms with Crippen molar-refractivity contribution in [2.24, 2.45) is 5.41 Å². The molecule has 1 amide bonds. The number of aromatic nitrogens is 1. The van der Waals surface area contributed by atoms with Crippen LogP contribution in [-0.2, 0) is 11.2 Å². The van der Waals surface area contributed by atoms with Gasteiger partial charge in [-0.2, -0.15) is 0 Å². The summed E-state index contributed by atoms with van der Waals surface area (Å²) in [7, 11) is 0. The number of aryl methyl sites for hydroxylation is 2. The van der Waals surface area contributed by atoms with Gasteiger partial charge in [0.25, 0.3) is 5.91 Å². The highest BCUT2D eigenvalue weighted by atomic mass is 16.5. The standard InChI is InChI=1S/C23H26N2O5/c1-3-20-24-9-19(30-20)16(27)8-22-10-23(11-22,12-22)25-21(28)18-7-15(26)14-6-13(2)4-5-17(14)29-18/h4-6,9,15,18,26H,3,7-8,10-12H2,1-2H3,(H,25,28)/t15-,18-,22?,23?/m1/s1. The number of rotatable bonds is 6. The van der Waals surface area contributed by atoms with Gasteiger partial charge in [-0.05, 0) is 43.7 Å². The fourth-order valence-corrected chi connectivity index (χ4v) is 5.42. The van der Waals surface area contributed by atoms with E-state index in [9.17, 15) is 14.7 Å². The van der Waals surface area contributed by atoms with Crippen LogP contribution in [0.4, 0.5) is 0 Å². The molecule has 6 rings (SSSR count). The van der Waals surface area contributed by atoms with Gasteiger partial charge < -0.3 is 19.6 Å². The van der Waals surface area contributed by atoms with Crippen LogP contribution in [-0.4, -0.2) is 33.4 Å². The molecule has 1 aromatic heterocycles. The summed E-state index contributed by atoms with van der Waals surface area (Å²) in [5.41, 5.74) is 1.50. The number of hydrogen-bond donors (Lipinski definition) is 2. The van der Waals surface area contributed by atoms with E-state index in [1.54, 1.807) is 0 Å². The molecule has 2 atom stereocenters. The van der Waals surface area contributed by atoms with Crippen LogP contribution in [0.15, 0.2) is 28.8 Å². The molecule has 0 saturated heterocycles. The van der Waals surface area contributed by atoms with E-state index in [-0.39, 0.29) is 29.1 Å². The molecule has 2 heterocycles. The predicted octanol–water partition coefficient (Wildman–Crippen LogP) is 3.04. The van der Waals surface area contributed by atoms with E-state index in [1.165, 1.54) is 6.20 Å². The molecule has 3 saturated carbocycles. The highest BCUT2D eigenvalue weighted by molar-refractivity contribution is 5.94. The van der Waals surface area contributed by atoms with E-state index in [2.05, 4.69) is 10.3 Å². The molecule has 4 aliphatic rings. The second-order valence-electron chi connectivity index (χ2n) is 9.27. The first-order valence-corrected chi connectivity index (χ1v) is 10.6. The van der Waals surface area contributed by atoms with E-state index in [1.807, 2.05) is 32.0 Å². The summed E-state index contributed by atoms with van der Waals surface area (Å²) in [6, 6.07) is 5.61. The summed E-state index contributed by atoms with van der Waals surface area (Å²) < 4.78 is 11.3. The van der Waals surface area contributed by atoms with Gasteiger partial charge in [0.15, 0.2) is 23.5 Å². The third-order valence-electron chi connectivity index (χ3n) is 6.72. The maximum Gasteiger partial charge on any atom is 0.261 e. The number of hydrogen-bond acceptors (Lipinski definition) is 6. The number of nitrogens with one attached hydrogen (secondary N) is 1. The number of amides is 1. The topological polar surface area (TPSA) is 102 Å². The Kier molecular flexibility index (Phi) is 4.29. The van der Waals surface area contributed by atoms with Crippen LogP contribution in [0.5, 0.6) is 5.75 Å². The second kappa shape index (κ2) is 6.67. The molecule has 30 heavy (non-hydrogen) atoms. The molecule has 0 spiro atoms. The van der Waals surface area contributed by atoms with Crippen LogP contribution in [0.25, 0.3) is 0 Å². The Morgan fingerprint density at radius 1 is 1.30 bits per heavy atom. The van der Waals surface area contributed by atoms with Crippen molar-refractivity contribution in [2.75, 3.05) is 0 Å². The van der Waals surface area contributed by atoms with Gasteiger partial charge in [0.2, 0.25) is 0 Å². The largest absolute Gasteiger partial charge is 0.480 e. The summed E-state index contributed by atoms with van der Waals surface area (Å²) in [4.78, 5) is 29.4. The van der Waals surface area contributed by atoms with E-state index in [0.29, 0.717) is 30.2 Å². The zero-order valence-corrected chi connectivity index (χ0v) is 17.2. The number of ether oxygens (including phenoxy) is 1. The molecular weight excluding hydrogens is 384 g/mol. The van der Waals surface area contributed by atoms with Gasteiger partial charge in [-0.15, -0.1) is 0 Å². The molecule has 158 valence electrons. The molecule has 0 unspecified atom stereocenters. The Bertz CT molecular complexity index is 1010. The van der Waals surface area contributed by atoms with Gasteiger partial charge in [-0.25, -0.2) is 4.98 Å². The summed E-state index contributed by atoms with van der Waals surface area (Å²) in [6.07, 6.45) is 3.79. The van der Waals surface area contributed by atoms with Crippen molar-refractivity contribution >= 4 is 11.7 Å². The average Bonchev–Trinajstić information content (AvgIpc) is 3.15. The number of Topliss-reactive ketones (excluding diaryl/α,β-unsaturated/α-hetero) is 1. The van der Waals surface area contributed by atoms with E-state index in [4.69, 9.17) is 9.15 Å². The average molecular weight is 410 g/mol. The molecule has 7 nitrogen and oxygen atoms in total. The first kappa shape index (κ1) is 19.3. The molecule has 3 aliphatic carbocycles. The molecule has 1 aromatic carbocycles. The van der Waals surface area contributed by atoms with Gasteiger partial charge in [-0.3, -0.25) is 9.59 Å².